The van der Waals surface area contributed by atoms with E-state index in [0.29, 0.717) is 21.0 Å². The van der Waals surface area contributed by atoms with Gasteiger partial charge in [0, 0.05) is 21.5 Å². The summed E-state index contributed by atoms with van der Waals surface area (Å²) in [5.41, 5.74) is 1.52. The second kappa shape index (κ2) is 7.28. The van der Waals surface area contributed by atoms with Gasteiger partial charge in [-0.2, -0.15) is 0 Å². The molecule has 2 aliphatic heterocycles. The second-order valence-electron chi connectivity index (χ2n) is 6.46. The van der Waals surface area contributed by atoms with Crippen molar-refractivity contribution in [2.75, 3.05) is 16.4 Å². The van der Waals surface area contributed by atoms with Crippen LogP contribution in [0.3, 0.4) is 0 Å². The molecule has 2 atom stereocenters. The molecule has 1 fully saturated rings. The van der Waals surface area contributed by atoms with Crippen LogP contribution in [0.15, 0.2) is 47.5 Å². The average molecular weight is 445 g/mol. The number of benzene rings is 2. The van der Waals surface area contributed by atoms with Crippen LogP contribution in [0, 0.1) is 5.82 Å². The Morgan fingerprint density at radius 3 is 2.44 bits per heavy atom. The monoisotopic (exact) mass is 444 g/mol. The van der Waals surface area contributed by atoms with Gasteiger partial charge in [0.25, 0.3) is 0 Å². The summed E-state index contributed by atoms with van der Waals surface area (Å²) in [7, 11) is -3.13. The first-order valence-electron chi connectivity index (χ1n) is 8.23. The molecule has 0 saturated carbocycles. The molecule has 2 aliphatic rings. The molecule has 0 radical (unpaired) electrons. The Morgan fingerprint density at radius 2 is 1.78 bits per heavy atom. The van der Waals surface area contributed by atoms with E-state index in [9.17, 15) is 12.8 Å². The van der Waals surface area contributed by atoms with Crippen LogP contribution in [0.5, 0.6) is 0 Å². The minimum atomic E-state index is -3.13. The fraction of sp³-hybridized carbons (Fsp3) is 0.278. The van der Waals surface area contributed by atoms with E-state index in [2.05, 4.69) is 4.99 Å². The summed E-state index contributed by atoms with van der Waals surface area (Å²) in [6.07, 6.45) is 0. The molecule has 2 aromatic carbocycles. The van der Waals surface area contributed by atoms with E-state index < -0.39 is 9.84 Å². The first-order chi connectivity index (χ1) is 12.8. The van der Waals surface area contributed by atoms with Crippen LogP contribution in [0.1, 0.15) is 5.56 Å². The van der Waals surface area contributed by atoms with Gasteiger partial charge >= 0.3 is 0 Å². The third kappa shape index (κ3) is 3.83. The van der Waals surface area contributed by atoms with Gasteiger partial charge in [-0.05, 0) is 42.0 Å². The van der Waals surface area contributed by atoms with Gasteiger partial charge in [0.1, 0.15) is 5.82 Å². The molecular formula is C18H15Cl2FN2O2S2. The van der Waals surface area contributed by atoms with E-state index in [1.165, 1.54) is 23.9 Å². The first kappa shape index (κ1) is 19.1. The molecule has 4 nitrogen and oxygen atoms in total. The number of hydrogen-bond acceptors (Lipinski definition) is 5. The van der Waals surface area contributed by atoms with Crippen molar-refractivity contribution >= 4 is 55.7 Å². The molecule has 4 rings (SSSR count). The zero-order valence-corrected chi connectivity index (χ0v) is 17.1. The third-order valence-electron chi connectivity index (χ3n) is 4.62. The second-order valence-corrected chi connectivity index (χ2v) is 10.4. The molecule has 2 heterocycles. The number of thioether (sulfide) groups is 1. The Bertz CT molecular complexity index is 992. The van der Waals surface area contributed by atoms with Gasteiger partial charge in [-0.1, -0.05) is 41.0 Å². The number of sulfone groups is 1. The predicted octanol–water partition coefficient (Wildman–Crippen LogP) is 4.41. The van der Waals surface area contributed by atoms with Crippen LogP contribution in [-0.2, 0) is 15.6 Å². The lowest BCUT2D eigenvalue weighted by Gasteiger charge is -2.26. The molecule has 0 aromatic heterocycles. The Kier molecular flexibility index (Phi) is 5.14. The number of hydrogen-bond donors (Lipinski definition) is 0. The number of nitrogens with zero attached hydrogens (tertiary/aromatic N) is 2. The molecule has 0 N–H and O–H groups in total. The molecule has 1 saturated heterocycles. The topological polar surface area (TPSA) is 49.7 Å². The van der Waals surface area contributed by atoms with E-state index in [0.717, 1.165) is 11.3 Å². The van der Waals surface area contributed by atoms with Gasteiger partial charge in [-0.3, -0.25) is 4.99 Å². The third-order valence-corrected chi connectivity index (χ3v) is 8.02. The van der Waals surface area contributed by atoms with Crippen LogP contribution in [0.2, 0.25) is 10.0 Å². The maximum atomic E-state index is 13.3. The SMILES string of the molecule is O=S1(=O)C[C@H]2N=C(SCc3c(Cl)cccc3Cl)N(c3ccc(F)cc3)[C@H]2C1. The highest BCUT2D eigenvalue weighted by molar-refractivity contribution is 8.13. The highest BCUT2D eigenvalue weighted by Gasteiger charge is 2.47. The fourth-order valence-electron chi connectivity index (χ4n) is 3.34. The summed E-state index contributed by atoms with van der Waals surface area (Å²) in [6.45, 7) is 0. The summed E-state index contributed by atoms with van der Waals surface area (Å²) in [4.78, 5) is 6.54. The lowest BCUT2D eigenvalue weighted by molar-refractivity contribution is 0.601. The van der Waals surface area contributed by atoms with Crippen molar-refractivity contribution in [3.8, 4) is 0 Å². The lowest BCUT2D eigenvalue weighted by atomic mass is 10.1. The fourth-order valence-corrected chi connectivity index (χ4v) is 7.05. The number of rotatable bonds is 3. The van der Waals surface area contributed by atoms with Crippen LogP contribution in [0.4, 0.5) is 10.1 Å². The molecule has 2 aromatic rings. The Hall–Kier alpha value is -1.28. The van der Waals surface area contributed by atoms with Crippen molar-refractivity contribution in [2.24, 2.45) is 4.99 Å². The summed E-state index contributed by atoms with van der Waals surface area (Å²) in [5, 5.41) is 1.84. The average Bonchev–Trinajstić information content (AvgIpc) is 3.06. The van der Waals surface area contributed by atoms with Gasteiger partial charge in [-0.25, -0.2) is 12.8 Å². The minimum absolute atomic E-state index is 0.0340. The Balaban J connectivity index is 1.64. The quantitative estimate of drug-likeness (QED) is 0.703. The van der Waals surface area contributed by atoms with Gasteiger partial charge in [0.2, 0.25) is 0 Å². The van der Waals surface area contributed by atoms with E-state index >= 15 is 0 Å². The van der Waals surface area contributed by atoms with Crippen molar-refractivity contribution in [1.29, 1.82) is 0 Å². The van der Waals surface area contributed by atoms with Gasteiger partial charge in [0.15, 0.2) is 15.0 Å². The number of amidine groups is 1. The number of aliphatic imine (C=N–C) groups is 1. The number of halogens is 3. The maximum Gasteiger partial charge on any atom is 0.164 e. The Labute approximate surface area is 171 Å². The molecule has 0 bridgehead atoms. The lowest BCUT2D eigenvalue weighted by Crippen LogP contribution is -2.39. The molecule has 0 aliphatic carbocycles. The summed E-state index contributed by atoms with van der Waals surface area (Å²) in [6, 6.07) is 10.7. The number of fused-ring (bicyclic) bond motifs is 1. The highest BCUT2D eigenvalue weighted by Crippen LogP contribution is 2.37. The number of anilines is 1. The minimum Gasteiger partial charge on any atom is -0.315 e. The Morgan fingerprint density at radius 1 is 1.11 bits per heavy atom. The smallest absolute Gasteiger partial charge is 0.164 e. The van der Waals surface area contributed by atoms with Gasteiger partial charge in [-0.15, -0.1) is 0 Å². The van der Waals surface area contributed by atoms with Crippen LogP contribution < -0.4 is 4.90 Å². The molecule has 0 amide bonds. The van der Waals surface area contributed by atoms with Gasteiger partial charge < -0.3 is 4.90 Å². The van der Waals surface area contributed by atoms with E-state index in [1.54, 1.807) is 30.3 Å². The molecular weight excluding hydrogens is 430 g/mol. The summed E-state index contributed by atoms with van der Waals surface area (Å²) < 4.78 is 37.4. The summed E-state index contributed by atoms with van der Waals surface area (Å²) >= 11 is 13.9. The van der Waals surface area contributed by atoms with E-state index in [-0.39, 0.29) is 29.4 Å². The van der Waals surface area contributed by atoms with Crippen molar-refractivity contribution in [3.05, 3.63) is 63.9 Å². The summed E-state index contributed by atoms with van der Waals surface area (Å²) in [5.74, 6) is 0.227. The first-order valence-corrected chi connectivity index (χ1v) is 11.8. The van der Waals surface area contributed by atoms with Crippen molar-refractivity contribution < 1.29 is 12.8 Å². The zero-order chi connectivity index (χ0) is 19.2. The molecule has 9 heteroatoms. The van der Waals surface area contributed by atoms with Crippen LogP contribution >= 0.6 is 35.0 Å². The largest absolute Gasteiger partial charge is 0.315 e. The van der Waals surface area contributed by atoms with Gasteiger partial charge in [0.05, 0.1) is 23.6 Å². The molecule has 0 spiro atoms. The molecule has 27 heavy (non-hydrogen) atoms. The predicted molar refractivity (Wildman–Crippen MR) is 110 cm³/mol. The zero-order valence-electron chi connectivity index (χ0n) is 14.0. The van der Waals surface area contributed by atoms with Crippen molar-refractivity contribution in [1.82, 2.24) is 0 Å². The van der Waals surface area contributed by atoms with Crippen molar-refractivity contribution in [3.63, 3.8) is 0 Å². The van der Waals surface area contributed by atoms with Crippen LogP contribution in [-0.4, -0.2) is 37.2 Å². The standard InChI is InChI=1S/C18H15Cl2FN2O2S2/c19-14-2-1-3-15(20)13(14)8-26-18-22-16-9-27(24,25)10-17(16)23(18)12-6-4-11(21)5-7-12/h1-7,16-17H,8-10H2/t16-,17+/m1/s1. The van der Waals surface area contributed by atoms with Crippen LogP contribution in [0.25, 0.3) is 0 Å². The van der Waals surface area contributed by atoms with Crippen molar-refractivity contribution in [2.45, 2.75) is 17.8 Å². The van der Waals surface area contributed by atoms with E-state index in [4.69, 9.17) is 23.2 Å². The molecule has 142 valence electrons. The normalized spacial score (nSPS) is 23.4. The maximum absolute atomic E-state index is 13.3. The highest BCUT2D eigenvalue weighted by atomic mass is 35.5. The van der Waals surface area contributed by atoms with E-state index in [1.807, 2.05) is 4.90 Å². The molecule has 0 unspecified atom stereocenters.